The van der Waals surface area contributed by atoms with E-state index in [1.165, 1.54) is 0 Å². The molecule has 0 bridgehead atoms. The molecule has 1 heterocycles. The first kappa shape index (κ1) is 14.8. The van der Waals surface area contributed by atoms with Gasteiger partial charge < -0.3 is 4.74 Å². The first-order valence-corrected chi connectivity index (χ1v) is 7.15. The topological polar surface area (TPSA) is 74.4 Å². The lowest BCUT2D eigenvalue weighted by Crippen LogP contribution is -2.18. The minimum Gasteiger partial charge on any atom is -0.461 e. The third kappa shape index (κ3) is 2.44. The molecule has 0 saturated heterocycles. The molecule has 6 nitrogen and oxygen atoms in total. The SMILES string of the molecule is CCOC(=O)c1c(-c2ccccc2)c2ccccc2n1[N+](=O)[O-]. The van der Waals surface area contributed by atoms with Gasteiger partial charge in [0.05, 0.1) is 6.61 Å². The van der Waals surface area contributed by atoms with Crippen LogP contribution in [0.5, 0.6) is 0 Å². The van der Waals surface area contributed by atoms with E-state index in [2.05, 4.69) is 0 Å². The van der Waals surface area contributed by atoms with Crippen molar-refractivity contribution >= 4 is 16.9 Å². The van der Waals surface area contributed by atoms with Gasteiger partial charge in [0, 0.05) is 10.9 Å². The van der Waals surface area contributed by atoms with Gasteiger partial charge in [-0.15, -0.1) is 0 Å². The van der Waals surface area contributed by atoms with Gasteiger partial charge in [-0.1, -0.05) is 53.2 Å². The van der Waals surface area contributed by atoms with E-state index >= 15 is 0 Å². The van der Waals surface area contributed by atoms with Gasteiger partial charge in [0.15, 0.2) is 5.03 Å². The third-order valence-electron chi connectivity index (χ3n) is 3.54. The van der Waals surface area contributed by atoms with E-state index < -0.39 is 11.0 Å². The Balaban J connectivity index is 2.43. The minimum atomic E-state index is -0.709. The van der Waals surface area contributed by atoms with E-state index in [0.29, 0.717) is 16.5 Å². The minimum absolute atomic E-state index is 0.0655. The molecule has 3 aromatic rings. The molecule has 0 saturated carbocycles. The molecule has 0 aliphatic carbocycles. The number of esters is 1. The molecule has 0 fully saturated rings. The number of fused-ring (bicyclic) bond motifs is 1. The molecule has 0 aliphatic heterocycles. The van der Waals surface area contributed by atoms with Gasteiger partial charge in [-0.2, -0.15) is 0 Å². The van der Waals surface area contributed by atoms with Crippen molar-refractivity contribution in [3.8, 4) is 11.1 Å². The van der Waals surface area contributed by atoms with Crippen LogP contribution in [0.3, 0.4) is 0 Å². The van der Waals surface area contributed by atoms with E-state index in [1.54, 1.807) is 31.2 Å². The molecule has 0 radical (unpaired) electrons. The molecule has 0 amide bonds. The van der Waals surface area contributed by atoms with Crippen LogP contribution in [0.1, 0.15) is 17.4 Å². The molecule has 0 aliphatic rings. The Bertz CT molecular complexity index is 884. The van der Waals surface area contributed by atoms with Crippen LogP contribution in [0, 0.1) is 10.1 Å². The average Bonchev–Trinajstić information content (AvgIpc) is 2.91. The summed E-state index contributed by atoms with van der Waals surface area (Å²) in [5, 5.41) is 11.6. The van der Waals surface area contributed by atoms with Crippen molar-refractivity contribution in [3.05, 3.63) is 70.4 Å². The van der Waals surface area contributed by atoms with Gasteiger partial charge in [0.1, 0.15) is 5.52 Å². The molecule has 6 heteroatoms. The summed E-state index contributed by atoms with van der Waals surface area (Å²) in [6, 6.07) is 16.0. The third-order valence-corrected chi connectivity index (χ3v) is 3.54. The van der Waals surface area contributed by atoms with E-state index in [9.17, 15) is 14.9 Å². The van der Waals surface area contributed by atoms with Gasteiger partial charge in [0.2, 0.25) is 5.69 Å². The standard InChI is InChI=1S/C17H14N2O4/c1-2-23-17(20)16-15(12-8-4-3-5-9-12)13-10-6-7-11-14(13)18(16)19(21)22/h3-11H,2H2,1H3. The van der Waals surface area contributed by atoms with Crippen LogP contribution >= 0.6 is 0 Å². The maximum Gasteiger partial charge on any atom is 0.361 e. The number of nitrogens with zero attached hydrogens (tertiary/aromatic N) is 2. The molecule has 116 valence electrons. The molecular weight excluding hydrogens is 296 g/mol. The summed E-state index contributed by atoms with van der Waals surface area (Å²) in [7, 11) is 0. The van der Waals surface area contributed by atoms with Crippen LogP contribution < -0.4 is 0 Å². The van der Waals surface area contributed by atoms with Crippen LogP contribution in [0.15, 0.2) is 54.6 Å². The molecular formula is C17H14N2O4. The fourth-order valence-corrected chi connectivity index (χ4v) is 2.68. The number of carbonyl (C=O) groups excluding carboxylic acids is 1. The zero-order valence-electron chi connectivity index (χ0n) is 12.4. The summed E-state index contributed by atoms with van der Waals surface area (Å²) >= 11 is 0. The number of ether oxygens (including phenoxy) is 1. The summed E-state index contributed by atoms with van der Waals surface area (Å²) in [5.74, 6) is -0.709. The first-order chi connectivity index (χ1) is 11.1. The second-order valence-corrected chi connectivity index (χ2v) is 4.88. The van der Waals surface area contributed by atoms with Crippen LogP contribution in [0.25, 0.3) is 22.0 Å². The largest absolute Gasteiger partial charge is 0.461 e. The van der Waals surface area contributed by atoms with Crippen molar-refractivity contribution in [2.45, 2.75) is 6.92 Å². The second kappa shape index (κ2) is 5.92. The first-order valence-electron chi connectivity index (χ1n) is 7.15. The Morgan fingerprint density at radius 2 is 1.78 bits per heavy atom. The Labute approximate surface area is 132 Å². The van der Waals surface area contributed by atoms with Crippen LogP contribution in [0.2, 0.25) is 0 Å². The predicted molar refractivity (Wildman–Crippen MR) is 85.7 cm³/mol. The molecule has 0 unspecified atom stereocenters. The van der Waals surface area contributed by atoms with Crippen molar-refractivity contribution < 1.29 is 14.6 Å². The second-order valence-electron chi connectivity index (χ2n) is 4.88. The monoisotopic (exact) mass is 310 g/mol. The van der Waals surface area contributed by atoms with Crippen molar-refractivity contribution in [2.75, 3.05) is 6.61 Å². The Kier molecular flexibility index (Phi) is 3.80. The number of aromatic nitrogens is 1. The van der Waals surface area contributed by atoms with Crippen molar-refractivity contribution in [1.29, 1.82) is 0 Å². The van der Waals surface area contributed by atoms with Gasteiger partial charge in [-0.05, 0) is 18.6 Å². The number of rotatable bonds is 4. The summed E-state index contributed by atoms with van der Waals surface area (Å²) in [5.41, 5.74) is 1.53. The summed E-state index contributed by atoms with van der Waals surface area (Å²) < 4.78 is 5.85. The maximum absolute atomic E-state index is 12.4. The zero-order valence-corrected chi connectivity index (χ0v) is 12.4. The number of benzene rings is 2. The fraction of sp³-hybridized carbons (Fsp3) is 0.118. The molecule has 0 atom stereocenters. The molecule has 0 spiro atoms. The zero-order chi connectivity index (χ0) is 16.4. The average molecular weight is 310 g/mol. The predicted octanol–water partition coefficient (Wildman–Crippen LogP) is 3.52. The highest BCUT2D eigenvalue weighted by Crippen LogP contribution is 2.35. The highest BCUT2D eigenvalue weighted by atomic mass is 16.7. The van der Waals surface area contributed by atoms with Gasteiger partial charge in [0.25, 0.3) is 0 Å². The number of para-hydroxylation sites is 1. The van der Waals surface area contributed by atoms with Gasteiger partial charge >= 0.3 is 5.97 Å². The Hall–Kier alpha value is -3.15. The van der Waals surface area contributed by atoms with Crippen molar-refractivity contribution in [3.63, 3.8) is 0 Å². The number of nitro groups is 1. The highest BCUT2D eigenvalue weighted by molar-refractivity contribution is 6.08. The summed E-state index contributed by atoms with van der Waals surface area (Å²) in [4.78, 5) is 23.9. The van der Waals surface area contributed by atoms with E-state index in [0.717, 1.165) is 10.2 Å². The Morgan fingerprint density at radius 1 is 1.13 bits per heavy atom. The lowest BCUT2D eigenvalue weighted by molar-refractivity contribution is -0.538. The van der Waals surface area contributed by atoms with Crippen LogP contribution in [-0.4, -0.2) is 22.3 Å². The fourth-order valence-electron chi connectivity index (χ4n) is 2.68. The van der Waals surface area contributed by atoms with Crippen molar-refractivity contribution in [2.24, 2.45) is 0 Å². The number of carbonyl (C=O) groups is 1. The molecule has 0 N–H and O–H groups in total. The molecule has 1 aromatic heterocycles. The molecule has 2 aromatic carbocycles. The van der Waals surface area contributed by atoms with Gasteiger partial charge in [-0.3, -0.25) is 0 Å². The maximum atomic E-state index is 12.4. The summed E-state index contributed by atoms with van der Waals surface area (Å²) in [6.45, 7) is 1.81. The highest BCUT2D eigenvalue weighted by Gasteiger charge is 2.30. The van der Waals surface area contributed by atoms with Crippen molar-refractivity contribution in [1.82, 2.24) is 4.68 Å². The lowest BCUT2D eigenvalue weighted by atomic mass is 10.0. The van der Waals surface area contributed by atoms with Gasteiger partial charge in [-0.25, -0.2) is 14.9 Å². The summed E-state index contributed by atoms with van der Waals surface area (Å²) in [6.07, 6.45) is 0. The molecule has 23 heavy (non-hydrogen) atoms. The van der Waals surface area contributed by atoms with E-state index in [-0.39, 0.29) is 12.3 Å². The normalized spacial score (nSPS) is 10.7. The van der Waals surface area contributed by atoms with E-state index in [4.69, 9.17) is 4.74 Å². The quantitative estimate of drug-likeness (QED) is 0.420. The lowest BCUT2D eigenvalue weighted by Gasteiger charge is -2.05. The van der Waals surface area contributed by atoms with Crippen LogP contribution in [0.4, 0.5) is 0 Å². The smallest absolute Gasteiger partial charge is 0.361 e. The number of hydrogen-bond acceptors (Lipinski definition) is 4. The number of hydrogen-bond donors (Lipinski definition) is 0. The Morgan fingerprint density at radius 3 is 2.43 bits per heavy atom. The van der Waals surface area contributed by atoms with Crippen LogP contribution in [-0.2, 0) is 4.74 Å². The van der Waals surface area contributed by atoms with E-state index in [1.807, 2.05) is 30.3 Å². The molecule has 3 rings (SSSR count).